The van der Waals surface area contributed by atoms with Crippen molar-refractivity contribution < 1.29 is 32.5 Å². The zero-order valence-electron chi connectivity index (χ0n) is 20.7. The number of carbonyl (C=O) groups is 1. The third kappa shape index (κ3) is 8.02. The number of ether oxygens (including phenoxy) is 3. The number of hydrogen-bond acceptors (Lipinski definition) is 7. The van der Waals surface area contributed by atoms with Gasteiger partial charge in [-0.1, -0.05) is 25.1 Å². The number of sulfonamides is 1. The van der Waals surface area contributed by atoms with Crippen molar-refractivity contribution in [2.45, 2.75) is 33.2 Å². The number of rotatable bonds is 15. The van der Waals surface area contributed by atoms with Gasteiger partial charge in [-0.05, 0) is 38.5 Å². The van der Waals surface area contributed by atoms with Gasteiger partial charge < -0.3 is 30.0 Å². The van der Waals surface area contributed by atoms with E-state index in [-0.39, 0.29) is 24.0 Å². The van der Waals surface area contributed by atoms with Gasteiger partial charge in [0.2, 0.25) is 10.0 Å². The number of hydrogen-bond donors (Lipinski definition) is 4. The summed E-state index contributed by atoms with van der Waals surface area (Å²) in [5.74, 6) is -0.804. The molecule has 0 saturated carbocycles. The van der Waals surface area contributed by atoms with Gasteiger partial charge in [-0.15, -0.1) is 0 Å². The van der Waals surface area contributed by atoms with E-state index in [0.29, 0.717) is 42.4 Å². The maximum absolute atomic E-state index is 12.5. The fraction of sp³-hybridized carbons (Fsp3) is 0.417. The highest BCUT2D eigenvalue weighted by Gasteiger charge is 2.30. The highest BCUT2D eigenvalue weighted by molar-refractivity contribution is 7.89. The summed E-state index contributed by atoms with van der Waals surface area (Å²) in [6, 6.07) is 11.0. The predicted octanol–water partition coefficient (Wildman–Crippen LogP) is 2.72. The van der Waals surface area contributed by atoms with E-state index in [4.69, 9.17) is 25.4 Å². The third-order valence-corrected chi connectivity index (χ3v) is 6.51. The fourth-order valence-electron chi connectivity index (χ4n) is 3.58. The molecule has 36 heavy (non-hydrogen) atoms. The minimum Gasteiger partial charge on any atom is -0.490 e. The van der Waals surface area contributed by atoms with Crippen molar-refractivity contribution >= 4 is 27.6 Å². The van der Waals surface area contributed by atoms with Crippen molar-refractivity contribution in [1.29, 1.82) is 5.41 Å². The normalized spacial score (nSPS) is 12.0. The van der Waals surface area contributed by atoms with Gasteiger partial charge in [-0.3, -0.25) is 5.41 Å². The number of anilines is 1. The molecule has 0 amide bonds. The summed E-state index contributed by atoms with van der Waals surface area (Å²) in [6.07, 6.45) is 0.416. The average molecular weight is 523 g/mol. The van der Waals surface area contributed by atoms with E-state index < -0.39 is 28.6 Å². The van der Waals surface area contributed by atoms with Crippen LogP contribution in [0, 0.1) is 5.41 Å². The molecule has 0 aliphatic carbocycles. The first kappa shape index (κ1) is 28.7. The Morgan fingerprint density at radius 1 is 1.06 bits per heavy atom. The second-order valence-electron chi connectivity index (χ2n) is 7.66. The lowest BCUT2D eigenvalue weighted by Gasteiger charge is -2.34. The highest BCUT2D eigenvalue weighted by Crippen LogP contribution is 2.41. The Kier molecular flexibility index (Phi) is 10.8. The van der Waals surface area contributed by atoms with Crippen LogP contribution in [0.3, 0.4) is 0 Å². The van der Waals surface area contributed by atoms with E-state index >= 15 is 0 Å². The molecular weight excluding hydrogens is 488 g/mol. The lowest BCUT2D eigenvalue weighted by atomic mass is 10.0. The molecule has 0 aromatic heterocycles. The molecule has 0 fully saturated rings. The standard InChI is InChI=1S/C24H34N4O7S/c1-4-12-36(31,32)27-15-19(28(24(25)26)17-10-8-7-9-11-17)18-13-21(33-5-2)22(34-6-3)14-20(18)35-16-23(29)30/h7-11,13-14,19,27H,4-6,12,15-16H2,1-3H3,(H3,25,26)(H,29,30). The Morgan fingerprint density at radius 3 is 2.19 bits per heavy atom. The Balaban J connectivity index is 2.74. The van der Waals surface area contributed by atoms with E-state index in [0.717, 1.165) is 0 Å². The van der Waals surface area contributed by atoms with Crippen LogP contribution in [0.4, 0.5) is 5.69 Å². The van der Waals surface area contributed by atoms with E-state index in [1.807, 2.05) is 0 Å². The van der Waals surface area contributed by atoms with Gasteiger partial charge in [0.05, 0.1) is 25.0 Å². The minimum absolute atomic E-state index is 0.0824. The number of aliphatic carboxylic acids is 1. The maximum atomic E-state index is 12.5. The van der Waals surface area contributed by atoms with Crippen LogP contribution in [-0.2, 0) is 14.8 Å². The number of nitrogens with one attached hydrogen (secondary N) is 2. The lowest BCUT2D eigenvalue weighted by molar-refractivity contribution is -0.139. The molecule has 0 heterocycles. The van der Waals surface area contributed by atoms with E-state index in [1.54, 1.807) is 57.2 Å². The number of para-hydroxylation sites is 1. The molecule has 0 radical (unpaired) electrons. The number of benzene rings is 2. The topological polar surface area (TPSA) is 164 Å². The summed E-state index contributed by atoms with van der Waals surface area (Å²) in [7, 11) is -3.63. The molecule has 0 aliphatic heterocycles. The van der Waals surface area contributed by atoms with Crippen molar-refractivity contribution in [3.05, 3.63) is 48.0 Å². The summed E-state index contributed by atoms with van der Waals surface area (Å²) in [4.78, 5) is 12.7. The molecule has 0 aliphatic rings. The van der Waals surface area contributed by atoms with Crippen molar-refractivity contribution in [1.82, 2.24) is 4.72 Å². The van der Waals surface area contributed by atoms with Gasteiger partial charge in [-0.25, -0.2) is 17.9 Å². The second-order valence-corrected chi connectivity index (χ2v) is 9.59. The Bertz CT molecular complexity index is 1130. The smallest absolute Gasteiger partial charge is 0.341 e. The molecule has 11 nitrogen and oxygen atoms in total. The Morgan fingerprint density at radius 2 is 1.67 bits per heavy atom. The number of carboxylic acid groups (broad SMARTS) is 1. The third-order valence-electron chi connectivity index (χ3n) is 4.96. The predicted molar refractivity (Wildman–Crippen MR) is 138 cm³/mol. The Hall–Kier alpha value is -3.51. The van der Waals surface area contributed by atoms with Crippen LogP contribution in [-0.4, -0.2) is 57.6 Å². The molecule has 12 heteroatoms. The SMILES string of the molecule is CCCS(=O)(=O)NCC(c1cc(OCC)c(OCC)cc1OCC(=O)O)N(C(=N)N)c1ccccc1. The highest BCUT2D eigenvalue weighted by atomic mass is 32.2. The number of nitrogens with zero attached hydrogens (tertiary/aromatic N) is 1. The van der Waals surface area contributed by atoms with Gasteiger partial charge >= 0.3 is 5.97 Å². The minimum atomic E-state index is -3.63. The first-order valence-corrected chi connectivity index (χ1v) is 13.2. The van der Waals surface area contributed by atoms with Crippen molar-refractivity contribution in [3.63, 3.8) is 0 Å². The molecule has 5 N–H and O–H groups in total. The van der Waals surface area contributed by atoms with Crippen LogP contribution >= 0.6 is 0 Å². The molecular formula is C24H34N4O7S. The summed E-state index contributed by atoms with van der Waals surface area (Å²) in [6.45, 7) is 5.15. The molecule has 1 atom stereocenters. The van der Waals surface area contributed by atoms with Crippen molar-refractivity contribution in [2.75, 3.05) is 37.0 Å². The van der Waals surface area contributed by atoms with Gasteiger partial charge in [0.15, 0.2) is 24.1 Å². The van der Waals surface area contributed by atoms with Gasteiger partial charge in [0, 0.05) is 23.9 Å². The van der Waals surface area contributed by atoms with Gasteiger partial charge in [0.1, 0.15) is 5.75 Å². The molecule has 0 saturated heterocycles. The van der Waals surface area contributed by atoms with Crippen LogP contribution in [0.1, 0.15) is 38.8 Å². The molecule has 0 bridgehead atoms. The first-order chi connectivity index (χ1) is 17.1. The van der Waals surface area contributed by atoms with E-state index in [1.165, 1.54) is 11.0 Å². The molecule has 198 valence electrons. The Labute approximate surface area is 211 Å². The second kappa shape index (κ2) is 13.5. The summed E-state index contributed by atoms with van der Waals surface area (Å²) in [5.41, 5.74) is 6.88. The molecule has 2 aromatic rings. The van der Waals surface area contributed by atoms with Crippen molar-refractivity contribution in [3.8, 4) is 17.2 Å². The molecule has 0 spiro atoms. The zero-order valence-corrected chi connectivity index (χ0v) is 21.5. The van der Waals surface area contributed by atoms with E-state index in [2.05, 4.69) is 4.72 Å². The molecule has 2 rings (SSSR count). The van der Waals surface area contributed by atoms with Gasteiger partial charge in [-0.2, -0.15) is 0 Å². The summed E-state index contributed by atoms with van der Waals surface area (Å²) >= 11 is 0. The fourth-order valence-corrected chi connectivity index (χ4v) is 4.67. The first-order valence-electron chi connectivity index (χ1n) is 11.6. The van der Waals surface area contributed by atoms with Crippen LogP contribution < -0.4 is 29.6 Å². The average Bonchev–Trinajstić information content (AvgIpc) is 2.82. The van der Waals surface area contributed by atoms with Crippen LogP contribution in [0.5, 0.6) is 17.2 Å². The largest absolute Gasteiger partial charge is 0.490 e. The number of guanidine groups is 1. The molecule has 2 aromatic carbocycles. The number of carboxylic acids is 1. The maximum Gasteiger partial charge on any atom is 0.341 e. The zero-order chi connectivity index (χ0) is 26.7. The van der Waals surface area contributed by atoms with Crippen LogP contribution in [0.25, 0.3) is 0 Å². The summed E-state index contributed by atoms with van der Waals surface area (Å²) < 4.78 is 44.7. The van der Waals surface area contributed by atoms with Crippen LogP contribution in [0.15, 0.2) is 42.5 Å². The lowest BCUT2D eigenvalue weighted by Crippen LogP contribution is -2.45. The summed E-state index contributed by atoms with van der Waals surface area (Å²) in [5, 5.41) is 17.5. The quantitative estimate of drug-likeness (QED) is 0.203. The number of nitrogens with two attached hydrogens (primary N) is 1. The molecule has 1 unspecified atom stereocenters. The van der Waals surface area contributed by atoms with E-state index in [9.17, 15) is 18.3 Å². The van der Waals surface area contributed by atoms with Crippen LogP contribution in [0.2, 0.25) is 0 Å². The van der Waals surface area contributed by atoms with Gasteiger partial charge in [0.25, 0.3) is 0 Å². The monoisotopic (exact) mass is 522 g/mol. The van der Waals surface area contributed by atoms with Crippen molar-refractivity contribution in [2.24, 2.45) is 5.73 Å².